The van der Waals surface area contributed by atoms with E-state index in [0.29, 0.717) is 12.1 Å². The molecule has 0 aromatic carbocycles. The molecule has 82 valence electrons. The molecule has 2 N–H and O–H groups in total. The number of hydrogen-bond acceptors (Lipinski definition) is 2. The van der Waals surface area contributed by atoms with Gasteiger partial charge in [0.25, 0.3) is 0 Å². The van der Waals surface area contributed by atoms with E-state index in [1.54, 1.807) is 0 Å². The summed E-state index contributed by atoms with van der Waals surface area (Å²) in [5.74, 6) is 0. The first kappa shape index (κ1) is 15.4. The fourth-order valence-electron chi connectivity index (χ4n) is 1.02. The summed E-state index contributed by atoms with van der Waals surface area (Å²) >= 11 is 0. The van der Waals surface area contributed by atoms with Crippen LogP contribution in [0.25, 0.3) is 0 Å². The van der Waals surface area contributed by atoms with Gasteiger partial charge in [0.2, 0.25) is 0 Å². The molecule has 0 unspecified atom stereocenters. The van der Waals surface area contributed by atoms with Gasteiger partial charge in [-0.25, -0.2) is 0 Å². The molecule has 0 aliphatic rings. The third kappa shape index (κ3) is 24.5. The van der Waals surface area contributed by atoms with Crippen LogP contribution in [-0.4, -0.2) is 25.2 Å². The fourth-order valence-corrected chi connectivity index (χ4v) is 1.02. The Labute approximate surface area is 84.5 Å². The SMILES string of the molecule is CC(C)NC(C)C.CCCNCC. The molecule has 0 fully saturated rings. The summed E-state index contributed by atoms with van der Waals surface area (Å²) in [7, 11) is 0. The fraction of sp³-hybridized carbons (Fsp3) is 1.00. The minimum atomic E-state index is 0.625. The first-order valence-corrected chi connectivity index (χ1v) is 5.51. The lowest BCUT2D eigenvalue weighted by molar-refractivity contribution is 0.518. The Morgan fingerprint density at radius 2 is 1.38 bits per heavy atom. The average Bonchev–Trinajstić information content (AvgIpc) is 1.99. The van der Waals surface area contributed by atoms with Crippen molar-refractivity contribution in [1.82, 2.24) is 10.6 Å². The van der Waals surface area contributed by atoms with E-state index < -0.39 is 0 Å². The summed E-state index contributed by atoms with van der Waals surface area (Å²) in [5.41, 5.74) is 0. The summed E-state index contributed by atoms with van der Waals surface area (Å²) in [6.45, 7) is 15.2. The van der Waals surface area contributed by atoms with Crippen LogP contribution in [0.3, 0.4) is 0 Å². The molecule has 0 radical (unpaired) electrons. The number of hydrogen-bond donors (Lipinski definition) is 2. The van der Waals surface area contributed by atoms with Crippen molar-refractivity contribution in [3.05, 3.63) is 0 Å². The molecule has 0 aromatic rings. The molecule has 0 saturated heterocycles. The van der Waals surface area contributed by atoms with Crippen LogP contribution in [0.5, 0.6) is 0 Å². The Morgan fingerprint density at radius 3 is 1.46 bits per heavy atom. The zero-order chi connectivity index (χ0) is 10.7. The molecule has 0 rings (SSSR count). The van der Waals surface area contributed by atoms with Crippen molar-refractivity contribution >= 4 is 0 Å². The first-order chi connectivity index (χ1) is 6.04. The summed E-state index contributed by atoms with van der Waals surface area (Å²) < 4.78 is 0. The quantitative estimate of drug-likeness (QED) is 0.647. The first-order valence-electron chi connectivity index (χ1n) is 5.51. The van der Waals surface area contributed by atoms with E-state index >= 15 is 0 Å². The average molecular weight is 188 g/mol. The van der Waals surface area contributed by atoms with Crippen LogP contribution in [0.4, 0.5) is 0 Å². The second-order valence-electron chi connectivity index (χ2n) is 3.83. The highest BCUT2D eigenvalue weighted by molar-refractivity contribution is 4.55. The van der Waals surface area contributed by atoms with Crippen LogP contribution in [0, 0.1) is 0 Å². The summed E-state index contributed by atoms with van der Waals surface area (Å²) in [5, 5.41) is 6.50. The van der Waals surface area contributed by atoms with Crippen molar-refractivity contribution < 1.29 is 0 Å². The topological polar surface area (TPSA) is 24.1 Å². The van der Waals surface area contributed by atoms with Gasteiger partial charge in [0.15, 0.2) is 0 Å². The molecule has 0 spiro atoms. The van der Waals surface area contributed by atoms with Gasteiger partial charge in [-0.05, 0) is 19.5 Å². The van der Waals surface area contributed by atoms with E-state index in [-0.39, 0.29) is 0 Å². The summed E-state index contributed by atoms with van der Waals surface area (Å²) in [6, 6.07) is 1.25. The predicted molar refractivity (Wildman–Crippen MR) is 62.2 cm³/mol. The van der Waals surface area contributed by atoms with Crippen LogP contribution in [0.1, 0.15) is 48.0 Å². The van der Waals surface area contributed by atoms with Gasteiger partial charge in [-0.1, -0.05) is 41.5 Å². The normalized spacial score (nSPS) is 10.2. The lowest BCUT2D eigenvalue weighted by Gasteiger charge is -2.10. The van der Waals surface area contributed by atoms with Crippen molar-refractivity contribution in [1.29, 1.82) is 0 Å². The van der Waals surface area contributed by atoms with Crippen molar-refractivity contribution in [2.75, 3.05) is 13.1 Å². The molecule has 0 amide bonds. The Kier molecular flexibility index (Phi) is 14.1. The molecular formula is C11H28N2. The summed E-state index contributed by atoms with van der Waals surface area (Å²) in [6.07, 6.45) is 1.24. The van der Waals surface area contributed by atoms with Gasteiger partial charge in [-0.3, -0.25) is 0 Å². The van der Waals surface area contributed by atoms with Crippen LogP contribution < -0.4 is 10.6 Å². The monoisotopic (exact) mass is 188 g/mol. The lowest BCUT2D eigenvalue weighted by Crippen LogP contribution is -2.29. The molecule has 0 saturated carbocycles. The van der Waals surface area contributed by atoms with Gasteiger partial charge >= 0.3 is 0 Å². The molecule has 0 heterocycles. The minimum absolute atomic E-state index is 0.625. The Balaban J connectivity index is 0. The van der Waals surface area contributed by atoms with Gasteiger partial charge in [0.1, 0.15) is 0 Å². The van der Waals surface area contributed by atoms with E-state index in [1.165, 1.54) is 6.42 Å². The molecular weight excluding hydrogens is 160 g/mol. The Hall–Kier alpha value is -0.0800. The third-order valence-electron chi connectivity index (χ3n) is 1.34. The van der Waals surface area contributed by atoms with E-state index in [0.717, 1.165) is 13.1 Å². The highest BCUT2D eigenvalue weighted by Gasteiger charge is 1.92. The van der Waals surface area contributed by atoms with Crippen LogP contribution in [-0.2, 0) is 0 Å². The van der Waals surface area contributed by atoms with Crippen LogP contribution in [0.2, 0.25) is 0 Å². The zero-order valence-corrected chi connectivity index (χ0v) is 10.3. The highest BCUT2D eigenvalue weighted by Crippen LogP contribution is 1.80. The molecule has 0 bridgehead atoms. The second kappa shape index (κ2) is 11.9. The molecule has 2 nitrogen and oxygen atoms in total. The maximum Gasteiger partial charge on any atom is 0.00127 e. The highest BCUT2D eigenvalue weighted by atomic mass is 14.9. The molecule has 0 aliphatic carbocycles. The number of nitrogens with one attached hydrogen (secondary N) is 2. The summed E-state index contributed by atoms with van der Waals surface area (Å²) in [4.78, 5) is 0. The van der Waals surface area contributed by atoms with E-state index in [1.807, 2.05) is 0 Å². The van der Waals surface area contributed by atoms with Crippen LogP contribution in [0.15, 0.2) is 0 Å². The zero-order valence-electron chi connectivity index (χ0n) is 10.3. The van der Waals surface area contributed by atoms with Gasteiger partial charge in [0, 0.05) is 12.1 Å². The van der Waals surface area contributed by atoms with Gasteiger partial charge < -0.3 is 10.6 Å². The molecule has 2 heteroatoms. The second-order valence-corrected chi connectivity index (χ2v) is 3.83. The van der Waals surface area contributed by atoms with Crippen molar-refractivity contribution in [2.45, 2.75) is 60.0 Å². The predicted octanol–water partition coefficient (Wildman–Crippen LogP) is 2.40. The molecule has 0 atom stereocenters. The maximum atomic E-state index is 3.31. The van der Waals surface area contributed by atoms with Crippen molar-refractivity contribution in [3.8, 4) is 0 Å². The van der Waals surface area contributed by atoms with Crippen LogP contribution >= 0.6 is 0 Å². The molecule has 0 aromatic heterocycles. The van der Waals surface area contributed by atoms with Gasteiger partial charge in [0.05, 0.1) is 0 Å². The third-order valence-corrected chi connectivity index (χ3v) is 1.34. The lowest BCUT2D eigenvalue weighted by atomic mass is 10.3. The van der Waals surface area contributed by atoms with E-state index in [2.05, 4.69) is 52.2 Å². The number of rotatable bonds is 5. The molecule has 0 aliphatic heterocycles. The van der Waals surface area contributed by atoms with Crippen molar-refractivity contribution in [2.24, 2.45) is 0 Å². The standard InChI is InChI=1S/C6H15N.C5H13N/c1-5(2)7-6(3)4;1-3-5-6-4-2/h5-7H,1-4H3;6H,3-5H2,1-2H3. The minimum Gasteiger partial charge on any atom is -0.317 e. The van der Waals surface area contributed by atoms with E-state index in [9.17, 15) is 0 Å². The van der Waals surface area contributed by atoms with Gasteiger partial charge in [-0.15, -0.1) is 0 Å². The van der Waals surface area contributed by atoms with E-state index in [4.69, 9.17) is 0 Å². The largest absolute Gasteiger partial charge is 0.317 e. The van der Waals surface area contributed by atoms with Crippen molar-refractivity contribution in [3.63, 3.8) is 0 Å². The maximum absolute atomic E-state index is 3.31. The van der Waals surface area contributed by atoms with Gasteiger partial charge in [-0.2, -0.15) is 0 Å². The molecule has 13 heavy (non-hydrogen) atoms. The Bertz CT molecular complexity index is 70.2. The smallest absolute Gasteiger partial charge is 0.00127 e. The Morgan fingerprint density at radius 1 is 0.923 bits per heavy atom.